The molecule has 0 radical (unpaired) electrons. The van der Waals surface area contributed by atoms with E-state index in [9.17, 15) is 53.0 Å². The van der Waals surface area contributed by atoms with Crippen LogP contribution in [0.15, 0.2) is 81.3 Å². The van der Waals surface area contributed by atoms with Crippen molar-refractivity contribution in [1.82, 2.24) is 40.0 Å². The first kappa shape index (κ1) is 50.3. The predicted octanol–water partition coefficient (Wildman–Crippen LogP) is 3.11. The maximum absolute atomic E-state index is 14.4. The third-order valence-electron chi connectivity index (χ3n) is 9.67. The molecule has 5 rings (SSSR count). The van der Waals surface area contributed by atoms with Gasteiger partial charge >= 0.3 is 11.9 Å². The summed E-state index contributed by atoms with van der Waals surface area (Å²) < 4.78 is 21.1. The van der Waals surface area contributed by atoms with E-state index in [1.165, 1.54) is 36.2 Å². The molecule has 2 unspecified atom stereocenters. The number of aryl methyl sites for hydroxylation is 2. The number of ketones is 2. The molecule has 20 nitrogen and oxygen atoms in total. The van der Waals surface area contributed by atoms with E-state index in [0.717, 1.165) is 43.8 Å². The van der Waals surface area contributed by atoms with Gasteiger partial charge in [0.05, 0.1) is 43.0 Å². The quantitative estimate of drug-likeness (QED) is 0.0654. The van der Waals surface area contributed by atoms with Crippen LogP contribution in [0, 0.1) is 12.7 Å². The lowest BCUT2D eigenvalue weighted by Crippen LogP contribution is -2.46. The van der Waals surface area contributed by atoms with E-state index in [-0.39, 0.29) is 51.3 Å². The molecule has 2 aromatic carbocycles. The Balaban J connectivity index is 1.38. The van der Waals surface area contributed by atoms with Crippen LogP contribution in [0.2, 0.25) is 5.02 Å². The number of carboxylic acid groups (broad SMARTS) is 2. The van der Waals surface area contributed by atoms with Crippen molar-refractivity contribution >= 4 is 82.1 Å². The number of thioether (sulfide) groups is 2. The van der Waals surface area contributed by atoms with E-state index >= 15 is 0 Å². The Morgan fingerprint density at radius 3 is 2.05 bits per heavy atom. The minimum absolute atomic E-state index is 0.0154. The normalized spacial score (nSPS) is 11.9. The van der Waals surface area contributed by atoms with Gasteiger partial charge in [-0.3, -0.25) is 47.8 Å². The molecule has 0 bridgehead atoms. The minimum Gasteiger partial charge on any atom is -0.481 e. The Bertz CT molecular complexity index is 2680. The summed E-state index contributed by atoms with van der Waals surface area (Å²) in [6.07, 6.45) is 2.24. The molecule has 24 heteroatoms. The zero-order valence-corrected chi connectivity index (χ0v) is 37.7. The molecule has 0 saturated heterocycles. The maximum atomic E-state index is 14.4. The van der Waals surface area contributed by atoms with E-state index in [1.807, 2.05) is 30.3 Å². The van der Waals surface area contributed by atoms with E-state index in [4.69, 9.17) is 16.2 Å². The molecule has 66 heavy (non-hydrogen) atoms. The van der Waals surface area contributed by atoms with Crippen molar-refractivity contribution in [2.24, 2.45) is 0 Å². The monoisotopic (exact) mass is 967 g/mol. The van der Waals surface area contributed by atoms with E-state index in [0.29, 0.717) is 5.75 Å². The molecule has 4 N–H and O–H groups in total. The van der Waals surface area contributed by atoms with Gasteiger partial charge in [-0.2, -0.15) is 0 Å². The van der Waals surface area contributed by atoms with Gasteiger partial charge in [0.1, 0.15) is 30.3 Å². The molecule has 3 aromatic heterocycles. The van der Waals surface area contributed by atoms with Crippen molar-refractivity contribution in [2.45, 2.75) is 76.3 Å². The zero-order valence-electron chi connectivity index (χ0n) is 35.3. The van der Waals surface area contributed by atoms with Crippen molar-refractivity contribution < 1.29 is 48.0 Å². The molecule has 0 spiro atoms. The van der Waals surface area contributed by atoms with Crippen molar-refractivity contribution in [2.75, 3.05) is 16.4 Å². The van der Waals surface area contributed by atoms with Crippen LogP contribution >= 0.6 is 35.1 Å². The first-order valence-electron chi connectivity index (χ1n) is 20.0. The Morgan fingerprint density at radius 1 is 0.833 bits per heavy atom. The number of anilines is 2. The van der Waals surface area contributed by atoms with Crippen LogP contribution in [0.1, 0.15) is 48.0 Å². The number of halogens is 2. The third kappa shape index (κ3) is 13.9. The van der Waals surface area contributed by atoms with E-state index in [1.54, 1.807) is 13.8 Å². The highest BCUT2D eigenvalue weighted by Crippen LogP contribution is 2.25. The highest BCUT2D eigenvalue weighted by Gasteiger charge is 2.29. The van der Waals surface area contributed by atoms with Crippen LogP contribution in [0.5, 0.6) is 0 Å². The number of rotatable bonds is 25. The Hall–Kier alpha value is -6.72. The molecular formula is C42H43ClFN9O11S2. The van der Waals surface area contributed by atoms with Gasteiger partial charge in [0, 0.05) is 46.4 Å². The van der Waals surface area contributed by atoms with Gasteiger partial charge in [0.25, 0.3) is 11.1 Å². The van der Waals surface area contributed by atoms with Crippen LogP contribution in [-0.2, 0) is 66.3 Å². The van der Waals surface area contributed by atoms with E-state index < -0.39 is 108 Å². The molecule has 0 fully saturated rings. The standard InChI is InChI=1S/C42H43ClFN9O11S2/c1-3-26-16-46-40(42(63)52(26)19-36(57)48-31(15-38(60)61)34(55)23-66-21-27-28(43)10-7-11-29(27)44)53(17-32-24(2)49-64-50-32)39-41(62)51(13-12-45-39)18-35(56)47-30(14-37(58)59)33(54)22-65-20-25-8-5-4-6-9-25/h4-13,16,30-31H,3,14-15,17-23H2,1-2H3,(H,47,56)(H,48,57)(H,58,59)(H,60,61). The smallest absolute Gasteiger partial charge is 0.305 e. The number of nitrogens with one attached hydrogen (secondary N) is 2. The largest absolute Gasteiger partial charge is 0.481 e. The highest BCUT2D eigenvalue weighted by atomic mass is 35.5. The van der Waals surface area contributed by atoms with Crippen molar-refractivity contribution in [3.05, 3.63) is 127 Å². The van der Waals surface area contributed by atoms with Crippen LogP contribution in [0.3, 0.4) is 0 Å². The summed E-state index contributed by atoms with van der Waals surface area (Å²) in [5.74, 6) is -7.22. The summed E-state index contributed by atoms with van der Waals surface area (Å²) in [7, 11) is 0. The van der Waals surface area contributed by atoms with Gasteiger partial charge in [-0.25, -0.2) is 19.0 Å². The number of hydrogen-bond donors (Lipinski definition) is 4. The second kappa shape index (κ2) is 24.0. The summed E-state index contributed by atoms with van der Waals surface area (Å²) in [5, 5.41) is 31.6. The summed E-state index contributed by atoms with van der Waals surface area (Å²) in [4.78, 5) is 115. The molecule has 5 aromatic rings. The Kier molecular flexibility index (Phi) is 18.3. The van der Waals surface area contributed by atoms with E-state index in [2.05, 4.69) is 30.9 Å². The number of carbonyl (C=O) groups is 6. The van der Waals surface area contributed by atoms with Crippen molar-refractivity contribution in [1.29, 1.82) is 0 Å². The molecule has 0 aliphatic heterocycles. The number of carbonyl (C=O) groups excluding carboxylic acids is 4. The number of carboxylic acids is 2. The van der Waals surface area contributed by atoms with Crippen molar-refractivity contribution in [3.63, 3.8) is 0 Å². The fourth-order valence-electron chi connectivity index (χ4n) is 6.28. The number of benzene rings is 2. The Labute approximate surface area is 388 Å². The fourth-order valence-corrected chi connectivity index (χ4v) is 8.52. The number of hydrogen-bond acceptors (Lipinski definition) is 16. The molecule has 0 aliphatic rings. The number of aromatic nitrogens is 6. The average Bonchev–Trinajstić information content (AvgIpc) is 3.68. The van der Waals surface area contributed by atoms with Crippen molar-refractivity contribution in [3.8, 4) is 0 Å². The predicted molar refractivity (Wildman–Crippen MR) is 240 cm³/mol. The number of Topliss-reactive ketones (excluding diaryl/α,β-unsaturated/α-hetero) is 2. The lowest BCUT2D eigenvalue weighted by atomic mass is 10.1. The maximum Gasteiger partial charge on any atom is 0.305 e. The minimum atomic E-state index is -1.53. The lowest BCUT2D eigenvalue weighted by molar-refractivity contribution is -0.140. The fraction of sp³-hybridized carbons (Fsp3) is 0.333. The molecule has 2 amide bonds. The molecule has 348 valence electrons. The Morgan fingerprint density at radius 2 is 1.45 bits per heavy atom. The highest BCUT2D eigenvalue weighted by molar-refractivity contribution is 7.99. The summed E-state index contributed by atoms with van der Waals surface area (Å²) in [6.45, 7) is 1.38. The second-order valence-electron chi connectivity index (χ2n) is 14.4. The van der Waals surface area contributed by atoms with Gasteiger partial charge in [-0.1, -0.05) is 65.2 Å². The van der Waals surface area contributed by atoms with Gasteiger partial charge in [-0.15, -0.1) is 23.5 Å². The number of nitrogens with zero attached hydrogens (tertiary/aromatic N) is 7. The number of amides is 2. The molecule has 0 aliphatic carbocycles. The lowest BCUT2D eigenvalue weighted by Gasteiger charge is -2.23. The van der Waals surface area contributed by atoms with Gasteiger partial charge < -0.3 is 25.4 Å². The van der Waals surface area contributed by atoms with Crippen LogP contribution in [-0.4, -0.2) is 98.5 Å². The van der Waals surface area contributed by atoms with Gasteiger partial charge in [-0.05, 0) is 31.0 Å². The van der Waals surface area contributed by atoms with Crippen LogP contribution in [0.4, 0.5) is 16.0 Å². The molecule has 2 atom stereocenters. The molecule has 3 heterocycles. The average molecular weight is 968 g/mol. The van der Waals surface area contributed by atoms with Crippen LogP contribution in [0.25, 0.3) is 0 Å². The second-order valence-corrected chi connectivity index (χ2v) is 16.8. The van der Waals surface area contributed by atoms with Gasteiger partial charge in [0.2, 0.25) is 23.5 Å². The van der Waals surface area contributed by atoms with Crippen LogP contribution < -0.4 is 26.7 Å². The van der Waals surface area contributed by atoms with Gasteiger partial charge in [0.15, 0.2) is 11.6 Å². The summed E-state index contributed by atoms with van der Waals surface area (Å²) >= 11 is 8.28. The SMILES string of the molecule is CCc1cnc(N(Cc2nonc2C)c2nccn(CC(=O)NC(CC(=O)O)C(=O)CSCc3ccccc3)c2=O)c(=O)n1CC(=O)NC(CC(=O)O)C(=O)CSCc1c(F)cccc1Cl. The number of aliphatic carboxylic acids is 2. The first-order valence-corrected chi connectivity index (χ1v) is 22.6. The third-order valence-corrected chi connectivity index (χ3v) is 12.0. The first-order chi connectivity index (χ1) is 31.6. The summed E-state index contributed by atoms with van der Waals surface area (Å²) in [5.41, 5.74) is -0.132. The molecule has 0 saturated carbocycles. The molecular weight excluding hydrogens is 925 g/mol. The topological polar surface area (TPSA) is 279 Å². The zero-order chi connectivity index (χ0) is 47.9. The summed E-state index contributed by atoms with van der Waals surface area (Å²) in [6, 6.07) is 10.4.